The highest BCUT2D eigenvalue weighted by atomic mass is 16.5. The van der Waals surface area contributed by atoms with Crippen molar-refractivity contribution in [1.82, 2.24) is 14.7 Å². The lowest BCUT2D eigenvalue weighted by Gasteiger charge is -2.44. The number of likely N-dealkylation sites (N-methyl/N-ethyl adjacent to an activating group) is 1. The Morgan fingerprint density at radius 1 is 0.923 bits per heavy atom. The Balaban J connectivity index is 1.46. The van der Waals surface area contributed by atoms with Crippen molar-refractivity contribution in [1.29, 1.82) is 0 Å². The molecule has 1 atom stereocenters. The van der Waals surface area contributed by atoms with Gasteiger partial charge in [-0.15, -0.1) is 0 Å². The molecule has 0 N–H and O–H groups in total. The molecule has 39 heavy (non-hydrogen) atoms. The van der Waals surface area contributed by atoms with Crippen LogP contribution in [0.5, 0.6) is 23.0 Å². The molecule has 9 nitrogen and oxygen atoms in total. The zero-order valence-corrected chi connectivity index (χ0v) is 23.6. The Bertz CT molecular complexity index is 1290. The highest BCUT2D eigenvalue weighted by Crippen LogP contribution is 2.49. The number of carbonyl (C=O) groups is 2. The van der Waals surface area contributed by atoms with E-state index in [1.54, 1.807) is 46.6 Å². The molecule has 2 saturated heterocycles. The number of urea groups is 1. The summed E-state index contributed by atoms with van der Waals surface area (Å²) in [7, 11) is 6.44. The topological polar surface area (TPSA) is 80.8 Å². The molecule has 3 heterocycles. The van der Waals surface area contributed by atoms with Crippen LogP contribution in [0.25, 0.3) is 0 Å². The average molecular weight is 536 g/mol. The fourth-order valence-electron chi connectivity index (χ4n) is 6.46. The predicted molar refractivity (Wildman–Crippen MR) is 147 cm³/mol. The first-order valence-corrected chi connectivity index (χ1v) is 13.4. The van der Waals surface area contributed by atoms with Crippen LogP contribution in [0.1, 0.15) is 54.1 Å². The summed E-state index contributed by atoms with van der Waals surface area (Å²) in [5.74, 6) is 2.58. The molecule has 2 aromatic rings. The molecule has 1 spiro atoms. The lowest BCUT2D eigenvalue weighted by Crippen LogP contribution is -2.54. The van der Waals surface area contributed by atoms with Gasteiger partial charge in [0.2, 0.25) is 0 Å². The van der Waals surface area contributed by atoms with Gasteiger partial charge in [0.25, 0.3) is 5.91 Å². The highest BCUT2D eigenvalue weighted by Gasteiger charge is 2.55. The van der Waals surface area contributed by atoms with E-state index in [0.717, 1.165) is 22.6 Å². The predicted octanol–water partition coefficient (Wildman–Crippen LogP) is 4.65. The third kappa shape index (κ3) is 4.33. The molecular weight excluding hydrogens is 498 g/mol. The smallest absolute Gasteiger partial charge is 0.325 e. The number of benzene rings is 2. The number of amides is 3. The molecule has 0 saturated carbocycles. The average Bonchev–Trinajstić information content (AvgIpc) is 3.07. The zero-order valence-electron chi connectivity index (χ0n) is 23.6. The molecule has 208 valence electrons. The van der Waals surface area contributed by atoms with Gasteiger partial charge in [0.15, 0.2) is 0 Å². The van der Waals surface area contributed by atoms with E-state index in [4.69, 9.17) is 18.9 Å². The number of hydrogen-bond acceptors (Lipinski definition) is 6. The summed E-state index contributed by atoms with van der Waals surface area (Å²) in [6, 6.07) is 9.14. The van der Waals surface area contributed by atoms with Crippen LogP contribution in [0.15, 0.2) is 42.1 Å². The number of rotatable bonds is 6. The van der Waals surface area contributed by atoms with E-state index in [2.05, 4.69) is 13.0 Å². The highest BCUT2D eigenvalue weighted by molar-refractivity contribution is 5.95. The van der Waals surface area contributed by atoms with Crippen molar-refractivity contribution >= 4 is 11.9 Å². The Labute approximate surface area is 229 Å². The van der Waals surface area contributed by atoms with Crippen LogP contribution in [0, 0.1) is 0 Å². The number of likely N-dealkylation sites (tertiary alicyclic amines) is 1. The van der Waals surface area contributed by atoms with Gasteiger partial charge in [-0.3, -0.25) is 9.69 Å². The number of methoxy groups -OCH3 is 4. The molecule has 0 aliphatic carbocycles. The summed E-state index contributed by atoms with van der Waals surface area (Å²) in [5, 5.41) is 0. The maximum absolute atomic E-state index is 13.8. The quantitative estimate of drug-likeness (QED) is 0.536. The van der Waals surface area contributed by atoms with Gasteiger partial charge in [0.05, 0.1) is 40.5 Å². The molecule has 2 fully saturated rings. The lowest BCUT2D eigenvalue weighted by atomic mass is 9.82. The Morgan fingerprint density at radius 2 is 1.54 bits per heavy atom. The number of nitrogens with zero attached hydrogens (tertiary/aromatic N) is 3. The van der Waals surface area contributed by atoms with Crippen LogP contribution in [0.2, 0.25) is 0 Å². The van der Waals surface area contributed by atoms with Gasteiger partial charge in [-0.05, 0) is 43.5 Å². The van der Waals surface area contributed by atoms with E-state index in [1.165, 1.54) is 0 Å². The SMILES string of the molecule is CCN1C(=O)N2Cc3cc(OC)cc(OC)c3[C@@H](C)C=C2C12CCN(C(=O)c1cc(OC)cc(OC)c1)CC2. The molecular formula is C30H37N3O6. The van der Waals surface area contributed by atoms with Crippen LogP contribution < -0.4 is 18.9 Å². The van der Waals surface area contributed by atoms with Crippen LogP contribution in [-0.4, -0.2) is 80.3 Å². The zero-order chi connectivity index (χ0) is 27.9. The maximum Gasteiger partial charge on any atom is 0.325 e. The summed E-state index contributed by atoms with van der Waals surface area (Å²) >= 11 is 0. The molecule has 3 amide bonds. The fraction of sp³-hybridized carbons (Fsp3) is 0.467. The monoisotopic (exact) mass is 535 g/mol. The van der Waals surface area contributed by atoms with Gasteiger partial charge in [0.1, 0.15) is 23.0 Å². The third-order valence-corrected chi connectivity index (χ3v) is 8.39. The van der Waals surface area contributed by atoms with Crippen molar-refractivity contribution in [2.75, 3.05) is 48.1 Å². The molecule has 0 aromatic heterocycles. The van der Waals surface area contributed by atoms with E-state index in [0.29, 0.717) is 61.8 Å². The van der Waals surface area contributed by atoms with Gasteiger partial charge >= 0.3 is 6.03 Å². The van der Waals surface area contributed by atoms with Crippen molar-refractivity contribution in [2.45, 2.75) is 44.7 Å². The van der Waals surface area contributed by atoms with Gasteiger partial charge < -0.3 is 28.7 Å². The Hall–Kier alpha value is -3.88. The molecule has 0 unspecified atom stereocenters. The summed E-state index contributed by atoms with van der Waals surface area (Å²) < 4.78 is 22.0. The minimum Gasteiger partial charge on any atom is -0.497 e. The van der Waals surface area contributed by atoms with Crippen LogP contribution in [0.4, 0.5) is 4.79 Å². The number of ether oxygens (including phenoxy) is 4. The summed E-state index contributed by atoms with van der Waals surface area (Å²) in [4.78, 5) is 33.1. The lowest BCUT2D eigenvalue weighted by molar-refractivity contribution is 0.0575. The van der Waals surface area contributed by atoms with Crippen molar-refractivity contribution in [3.05, 3.63) is 58.8 Å². The standard InChI is InChI=1S/C30H37N3O6/c1-7-33-29(35)32-18-21-15-24(38-5)17-25(39-6)27(21)19(2)12-26(32)30(33)8-10-31(11-9-30)28(34)20-13-22(36-3)16-23(14-20)37-4/h12-17,19H,7-11,18H2,1-6H3/t19-/m0/s1. The first-order chi connectivity index (χ1) is 18.8. The van der Waals surface area contributed by atoms with Crippen LogP contribution in [-0.2, 0) is 6.54 Å². The minimum absolute atomic E-state index is 0.00268. The molecule has 3 aliphatic heterocycles. The molecule has 2 aromatic carbocycles. The largest absolute Gasteiger partial charge is 0.497 e. The molecule has 0 radical (unpaired) electrons. The van der Waals surface area contributed by atoms with Crippen molar-refractivity contribution in [3.63, 3.8) is 0 Å². The van der Waals surface area contributed by atoms with Gasteiger partial charge in [0, 0.05) is 54.5 Å². The van der Waals surface area contributed by atoms with Crippen molar-refractivity contribution in [3.8, 4) is 23.0 Å². The molecule has 9 heteroatoms. The fourth-order valence-corrected chi connectivity index (χ4v) is 6.46. The Morgan fingerprint density at radius 3 is 2.10 bits per heavy atom. The first kappa shape index (κ1) is 26.7. The normalized spacial score (nSPS) is 19.7. The van der Waals surface area contributed by atoms with Gasteiger partial charge in [-0.1, -0.05) is 13.0 Å². The van der Waals surface area contributed by atoms with Crippen molar-refractivity contribution < 1.29 is 28.5 Å². The van der Waals surface area contributed by atoms with E-state index in [-0.39, 0.29) is 17.9 Å². The number of carbonyl (C=O) groups excluding carboxylic acids is 2. The maximum atomic E-state index is 13.8. The summed E-state index contributed by atoms with van der Waals surface area (Å²) in [6.45, 7) is 6.28. The second-order valence-corrected chi connectivity index (χ2v) is 10.3. The number of hydrogen-bond donors (Lipinski definition) is 0. The Kier molecular flexibility index (Phi) is 7.09. The number of fused-ring (bicyclic) bond motifs is 3. The van der Waals surface area contributed by atoms with E-state index >= 15 is 0 Å². The van der Waals surface area contributed by atoms with Crippen LogP contribution in [0.3, 0.4) is 0 Å². The van der Waals surface area contributed by atoms with E-state index in [1.807, 2.05) is 33.8 Å². The second-order valence-electron chi connectivity index (χ2n) is 10.3. The minimum atomic E-state index is -0.470. The first-order valence-electron chi connectivity index (χ1n) is 13.4. The van der Waals surface area contributed by atoms with Gasteiger partial charge in [-0.25, -0.2) is 4.79 Å². The number of allylic oxidation sites excluding steroid dienone is 1. The summed E-state index contributed by atoms with van der Waals surface area (Å²) in [5.41, 5.74) is 3.17. The van der Waals surface area contributed by atoms with Crippen molar-refractivity contribution in [2.24, 2.45) is 0 Å². The van der Waals surface area contributed by atoms with E-state index < -0.39 is 5.54 Å². The molecule has 3 aliphatic rings. The second kappa shape index (κ2) is 10.4. The number of piperidine rings is 1. The molecule has 0 bridgehead atoms. The third-order valence-electron chi connectivity index (χ3n) is 8.39. The van der Waals surface area contributed by atoms with Crippen LogP contribution >= 0.6 is 0 Å². The van der Waals surface area contributed by atoms with E-state index in [9.17, 15) is 9.59 Å². The summed E-state index contributed by atoms with van der Waals surface area (Å²) in [6.07, 6.45) is 3.54. The molecule has 5 rings (SSSR count). The van der Waals surface area contributed by atoms with Gasteiger partial charge in [-0.2, -0.15) is 0 Å².